The van der Waals surface area contributed by atoms with Crippen LogP contribution in [0, 0.1) is 0 Å². The van der Waals surface area contributed by atoms with E-state index in [1.807, 2.05) is 30.3 Å². The predicted octanol–water partition coefficient (Wildman–Crippen LogP) is 6.64. The van der Waals surface area contributed by atoms with Crippen molar-refractivity contribution in [1.82, 2.24) is 19.8 Å². The van der Waals surface area contributed by atoms with Crippen molar-refractivity contribution in [2.45, 2.75) is 18.9 Å². The van der Waals surface area contributed by atoms with Crippen molar-refractivity contribution in [2.24, 2.45) is 0 Å². The molecule has 39 heavy (non-hydrogen) atoms. The van der Waals surface area contributed by atoms with E-state index in [4.69, 9.17) is 23.2 Å². The maximum absolute atomic E-state index is 6.77. The maximum Gasteiger partial charge on any atom is 0.229 e. The first-order valence-corrected chi connectivity index (χ1v) is 14.3. The quantitative estimate of drug-likeness (QED) is 0.273. The van der Waals surface area contributed by atoms with E-state index in [0.29, 0.717) is 22.8 Å². The van der Waals surface area contributed by atoms with Crippen molar-refractivity contribution < 1.29 is 0 Å². The summed E-state index contributed by atoms with van der Waals surface area (Å²) in [7, 11) is 2.21. The van der Waals surface area contributed by atoms with Crippen LogP contribution in [-0.2, 0) is 0 Å². The van der Waals surface area contributed by atoms with Gasteiger partial charge >= 0.3 is 0 Å². The molecule has 2 saturated heterocycles. The standard InChI is InChI=1S/C30H33Cl2N7/c1-37-14-16-38(17-15-37)25-10-12-39(13-11-25)28-9-8-24(19-26(28)31)35-30-33-20-27(32)29(36-30)34-23-7-6-21-4-2-3-5-22(21)18-23/h2-9,18-20,25H,10-17H2,1H3,(H2,33,34,35,36). The number of nitrogens with one attached hydrogen (secondary N) is 2. The van der Waals surface area contributed by atoms with Crippen LogP contribution in [0.3, 0.4) is 0 Å². The van der Waals surface area contributed by atoms with Crippen LogP contribution in [0.15, 0.2) is 66.9 Å². The number of piperazine rings is 1. The minimum atomic E-state index is 0.444. The fraction of sp³-hybridized carbons (Fsp3) is 0.333. The third-order valence-corrected chi connectivity index (χ3v) is 8.40. The van der Waals surface area contributed by atoms with Gasteiger partial charge in [0.25, 0.3) is 0 Å². The van der Waals surface area contributed by atoms with Crippen molar-refractivity contribution in [3.63, 3.8) is 0 Å². The smallest absolute Gasteiger partial charge is 0.229 e. The number of piperidine rings is 1. The summed E-state index contributed by atoms with van der Waals surface area (Å²) in [6, 6.07) is 21.1. The zero-order valence-electron chi connectivity index (χ0n) is 22.1. The predicted molar refractivity (Wildman–Crippen MR) is 163 cm³/mol. The Morgan fingerprint density at radius 1 is 0.769 bits per heavy atom. The minimum Gasteiger partial charge on any atom is -0.370 e. The molecule has 0 radical (unpaired) electrons. The topological polar surface area (TPSA) is 59.6 Å². The van der Waals surface area contributed by atoms with E-state index < -0.39 is 0 Å². The van der Waals surface area contributed by atoms with Crippen LogP contribution in [0.25, 0.3) is 10.8 Å². The van der Waals surface area contributed by atoms with E-state index >= 15 is 0 Å². The molecule has 0 atom stereocenters. The molecule has 0 amide bonds. The summed E-state index contributed by atoms with van der Waals surface area (Å²) in [4.78, 5) is 16.5. The number of nitrogens with zero attached hydrogens (tertiary/aromatic N) is 5. The van der Waals surface area contributed by atoms with Crippen LogP contribution >= 0.6 is 23.2 Å². The van der Waals surface area contributed by atoms with E-state index in [9.17, 15) is 0 Å². The molecule has 6 rings (SSSR count). The number of aromatic nitrogens is 2. The molecular formula is C30H33Cl2N7. The number of benzene rings is 3. The Morgan fingerprint density at radius 3 is 2.26 bits per heavy atom. The van der Waals surface area contributed by atoms with Crippen molar-refractivity contribution >= 4 is 62.8 Å². The molecular weight excluding hydrogens is 529 g/mol. The fourth-order valence-electron chi connectivity index (χ4n) is 5.55. The molecule has 9 heteroatoms. The van der Waals surface area contributed by atoms with Gasteiger partial charge in [-0.2, -0.15) is 4.98 Å². The first-order valence-electron chi connectivity index (χ1n) is 13.5. The van der Waals surface area contributed by atoms with Crippen LogP contribution < -0.4 is 15.5 Å². The van der Waals surface area contributed by atoms with E-state index in [0.717, 1.165) is 40.6 Å². The summed E-state index contributed by atoms with van der Waals surface area (Å²) >= 11 is 13.2. The third-order valence-electron chi connectivity index (χ3n) is 7.82. The molecule has 7 nitrogen and oxygen atoms in total. The Bertz CT molecular complexity index is 1450. The zero-order valence-corrected chi connectivity index (χ0v) is 23.6. The number of likely N-dealkylation sites (N-methyl/N-ethyl adjacent to an activating group) is 1. The van der Waals surface area contributed by atoms with Crippen molar-refractivity contribution in [2.75, 3.05) is 61.8 Å². The van der Waals surface area contributed by atoms with Gasteiger partial charge in [-0.05, 0) is 61.0 Å². The number of halogens is 2. The molecule has 1 aromatic heterocycles. The number of fused-ring (bicyclic) bond motifs is 1. The van der Waals surface area contributed by atoms with Gasteiger partial charge in [0.15, 0.2) is 5.82 Å². The van der Waals surface area contributed by atoms with Gasteiger partial charge in [-0.3, -0.25) is 4.90 Å². The summed E-state index contributed by atoms with van der Waals surface area (Å²) in [5, 5.41) is 10.1. The summed E-state index contributed by atoms with van der Waals surface area (Å²) in [5.74, 6) is 0.981. The Balaban J connectivity index is 1.10. The SMILES string of the molecule is CN1CCN(C2CCN(c3ccc(Nc4ncc(Cl)c(Nc5ccc6ccccc6c5)n4)cc3Cl)CC2)CC1. The number of hydrogen-bond acceptors (Lipinski definition) is 7. The summed E-state index contributed by atoms with van der Waals surface area (Å²) in [5.41, 5.74) is 2.81. The minimum absolute atomic E-state index is 0.444. The van der Waals surface area contributed by atoms with Crippen LogP contribution in [0.1, 0.15) is 12.8 Å². The second kappa shape index (κ2) is 11.6. The second-order valence-electron chi connectivity index (χ2n) is 10.4. The summed E-state index contributed by atoms with van der Waals surface area (Å²) in [6.07, 6.45) is 3.94. The molecule has 2 aliphatic rings. The van der Waals surface area contributed by atoms with Crippen LogP contribution in [0.2, 0.25) is 10.0 Å². The Labute approximate surface area is 239 Å². The number of anilines is 5. The van der Waals surface area contributed by atoms with Gasteiger partial charge < -0.3 is 20.4 Å². The van der Waals surface area contributed by atoms with E-state index in [1.54, 1.807) is 6.20 Å². The molecule has 0 saturated carbocycles. The molecule has 0 spiro atoms. The highest BCUT2D eigenvalue weighted by molar-refractivity contribution is 6.33. The van der Waals surface area contributed by atoms with Crippen LogP contribution in [0.5, 0.6) is 0 Å². The lowest BCUT2D eigenvalue weighted by Gasteiger charge is -2.42. The molecule has 2 aliphatic heterocycles. The average molecular weight is 563 g/mol. The molecule has 4 aromatic rings. The van der Waals surface area contributed by atoms with Crippen LogP contribution in [-0.4, -0.2) is 72.1 Å². The second-order valence-corrected chi connectivity index (χ2v) is 11.2. The molecule has 0 bridgehead atoms. The van der Waals surface area contributed by atoms with Crippen molar-refractivity contribution in [3.05, 3.63) is 76.9 Å². The highest BCUT2D eigenvalue weighted by atomic mass is 35.5. The summed E-state index contributed by atoms with van der Waals surface area (Å²) in [6.45, 7) is 6.72. The van der Waals surface area contributed by atoms with Gasteiger partial charge in [0.1, 0.15) is 5.02 Å². The van der Waals surface area contributed by atoms with Gasteiger partial charge in [0, 0.05) is 56.7 Å². The van der Waals surface area contributed by atoms with E-state index in [1.165, 1.54) is 44.4 Å². The Morgan fingerprint density at radius 2 is 1.49 bits per heavy atom. The first-order chi connectivity index (χ1) is 19.0. The van der Waals surface area contributed by atoms with Gasteiger partial charge in [-0.25, -0.2) is 4.98 Å². The molecule has 202 valence electrons. The van der Waals surface area contributed by atoms with Gasteiger partial charge in [0.2, 0.25) is 5.95 Å². The van der Waals surface area contributed by atoms with Gasteiger partial charge in [-0.15, -0.1) is 0 Å². The highest BCUT2D eigenvalue weighted by Gasteiger charge is 2.27. The van der Waals surface area contributed by atoms with E-state index in [-0.39, 0.29) is 0 Å². The number of rotatable bonds is 6. The summed E-state index contributed by atoms with van der Waals surface area (Å²) < 4.78 is 0. The highest BCUT2D eigenvalue weighted by Crippen LogP contribution is 2.33. The monoisotopic (exact) mass is 561 g/mol. The third kappa shape index (κ3) is 6.07. The average Bonchev–Trinajstić information content (AvgIpc) is 2.95. The normalized spacial score (nSPS) is 17.5. The first kappa shape index (κ1) is 26.1. The van der Waals surface area contributed by atoms with Gasteiger partial charge in [-0.1, -0.05) is 53.5 Å². The Kier molecular flexibility index (Phi) is 7.75. The van der Waals surface area contributed by atoms with Crippen LogP contribution in [0.4, 0.5) is 28.8 Å². The lowest BCUT2D eigenvalue weighted by Crippen LogP contribution is -2.52. The zero-order chi connectivity index (χ0) is 26.8. The molecule has 3 aromatic carbocycles. The molecule has 2 fully saturated rings. The van der Waals surface area contributed by atoms with E-state index in [2.05, 4.69) is 72.7 Å². The van der Waals surface area contributed by atoms with Gasteiger partial charge in [0.05, 0.1) is 16.9 Å². The van der Waals surface area contributed by atoms with Crippen molar-refractivity contribution in [1.29, 1.82) is 0 Å². The lowest BCUT2D eigenvalue weighted by molar-refractivity contribution is 0.0982. The molecule has 2 N–H and O–H groups in total. The number of hydrogen-bond donors (Lipinski definition) is 2. The maximum atomic E-state index is 6.77. The molecule has 0 unspecified atom stereocenters. The largest absolute Gasteiger partial charge is 0.370 e. The molecule has 3 heterocycles. The lowest BCUT2D eigenvalue weighted by atomic mass is 10.0. The fourth-order valence-corrected chi connectivity index (χ4v) is 5.99. The van der Waals surface area contributed by atoms with Crippen molar-refractivity contribution in [3.8, 4) is 0 Å². The molecule has 0 aliphatic carbocycles. The Hall–Kier alpha value is -3.10.